The summed E-state index contributed by atoms with van der Waals surface area (Å²) in [6, 6.07) is 19.0. The van der Waals surface area contributed by atoms with Crippen molar-refractivity contribution in [1.29, 1.82) is 0 Å². The summed E-state index contributed by atoms with van der Waals surface area (Å²) in [6.07, 6.45) is 5.69. The van der Waals surface area contributed by atoms with E-state index in [-0.39, 0.29) is 17.6 Å². The molecule has 0 saturated carbocycles. The van der Waals surface area contributed by atoms with Gasteiger partial charge < -0.3 is 5.32 Å². The van der Waals surface area contributed by atoms with Crippen LogP contribution in [-0.2, 0) is 12.0 Å². The van der Waals surface area contributed by atoms with Gasteiger partial charge in [-0.3, -0.25) is 4.90 Å². The molecule has 0 aliphatic carbocycles. The average Bonchev–Trinajstić information content (AvgIpc) is 2.88. The van der Waals surface area contributed by atoms with E-state index in [0.29, 0.717) is 0 Å². The van der Waals surface area contributed by atoms with E-state index >= 15 is 0 Å². The molecular weight excluding hydrogens is 284 g/mol. The first-order valence-corrected chi connectivity index (χ1v) is 8.17. The molecule has 2 aliphatic rings. The highest BCUT2D eigenvalue weighted by molar-refractivity contribution is 5.83. The molecule has 2 aromatic carbocycles. The number of benzene rings is 2. The van der Waals surface area contributed by atoms with Gasteiger partial charge in [-0.1, -0.05) is 61.5 Å². The van der Waals surface area contributed by atoms with Gasteiger partial charge in [-0.2, -0.15) is 0 Å². The van der Waals surface area contributed by atoms with Crippen LogP contribution in [0.15, 0.2) is 60.8 Å². The fourth-order valence-corrected chi connectivity index (χ4v) is 4.05. The van der Waals surface area contributed by atoms with E-state index in [9.17, 15) is 4.79 Å². The number of nitrogens with zero attached hydrogens (tertiary/aromatic N) is 1. The number of nitrogens with one attached hydrogen (secondary N) is 1. The number of amides is 2. The van der Waals surface area contributed by atoms with Gasteiger partial charge in [0.15, 0.2) is 0 Å². The van der Waals surface area contributed by atoms with Gasteiger partial charge in [-0.25, -0.2) is 4.79 Å². The van der Waals surface area contributed by atoms with Crippen LogP contribution in [0.4, 0.5) is 4.79 Å². The van der Waals surface area contributed by atoms with Crippen LogP contribution in [0.3, 0.4) is 0 Å². The Bertz CT molecular complexity index is 768. The third-order valence-corrected chi connectivity index (χ3v) is 5.08. The maximum Gasteiger partial charge on any atom is 0.322 e. The maximum absolute atomic E-state index is 12.5. The van der Waals surface area contributed by atoms with Crippen molar-refractivity contribution in [1.82, 2.24) is 10.2 Å². The highest BCUT2D eigenvalue weighted by Gasteiger charge is 2.54. The summed E-state index contributed by atoms with van der Waals surface area (Å²) in [7, 11) is 0. The average molecular weight is 304 g/mol. The molecule has 1 N–H and O–H groups in total. The van der Waals surface area contributed by atoms with E-state index in [4.69, 9.17) is 0 Å². The molecule has 3 nitrogen and oxygen atoms in total. The smallest absolute Gasteiger partial charge is 0.322 e. The molecule has 0 unspecified atom stereocenters. The number of rotatable bonds is 3. The molecular formula is C20H20N2O. The quantitative estimate of drug-likeness (QED) is 0.916. The Kier molecular flexibility index (Phi) is 3.22. The molecule has 4 rings (SSSR count). The van der Waals surface area contributed by atoms with Gasteiger partial charge in [-0.15, -0.1) is 0 Å². The fourth-order valence-electron chi connectivity index (χ4n) is 4.05. The Morgan fingerprint density at radius 1 is 1.09 bits per heavy atom. The minimum atomic E-state index is -0.349. The van der Waals surface area contributed by atoms with Crippen LogP contribution in [0.25, 0.3) is 6.08 Å². The minimum Gasteiger partial charge on any atom is -0.332 e. The largest absolute Gasteiger partial charge is 0.332 e. The maximum atomic E-state index is 12.5. The van der Waals surface area contributed by atoms with Crippen LogP contribution in [0, 0.1) is 0 Å². The summed E-state index contributed by atoms with van der Waals surface area (Å²) in [5.74, 6) is 0. The topological polar surface area (TPSA) is 32.3 Å². The number of hydrogen-bond donors (Lipinski definition) is 1. The lowest BCUT2D eigenvalue weighted by Gasteiger charge is -2.43. The predicted octanol–water partition coefficient (Wildman–Crippen LogP) is 3.91. The van der Waals surface area contributed by atoms with Gasteiger partial charge >= 0.3 is 6.03 Å². The Morgan fingerprint density at radius 2 is 1.83 bits per heavy atom. The molecule has 3 heteroatoms. The zero-order chi connectivity index (χ0) is 15.9. The van der Waals surface area contributed by atoms with Crippen molar-refractivity contribution in [2.45, 2.75) is 31.3 Å². The number of urea groups is 1. The minimum absolute atomic E-state index is 0.00136. The van der Waals surface area contributed by atoms with E-state index in [2.05, 4.69) is 60.8 Å². The summed E-state index contributed by atoms with van der Waals surface area (Å²) < 4.78 is 0. The second-order valence-electron chi connectivity index (χ2n) is 6.27. The molecule has 2 heterocycles. The van der Waals surface area contributed by atoms with Crippen LogP contribution in [0.1, 0.15) is 30.0 Å². The molecule has 1 saturated heterocycles. The van der Waals surface area contributed by atoms with Crippen LogP contribution < -0.4 is 5.32 Å². The highest BCUT2D eigenvalue weighted by Crippen LogP contribution is 2.45. The summed E-state index contributed by atoms with van der Waals surface area (Å²) >= 11 is 0. The Balaban J connectivity index is 1.91. The van der Waals surface area contributed by atoms with Crippen LogP contribution in [0.5, 0.6) is 0 Å². The zero-order valence-electron chi connectivity index (χ0n) is 13.2. The number of hydrogen-bond acceptors (Lipinski definition) is 1. The molecule has 1 fully saturated rings. The number of carbonyl (C=O) groups excluding carboxylic acids is 1. The monoisotopic (exact) mass is 304 g/mol. The van der Waals surface area contributed by atoms with Crippen molar-refractivity contribution in [2.24, 2.45) is 0 Å². The summed E-state index contributed by atoms with van der Waals surface area (Å²) in [5, 5.41) is 3.18. The lowest BCUT2D eigenvalue weighted by atomic mass is 9.74. The van der Waals surface area contributed by atoms with Gasteiger partial charge in [0, 0.05) is 12.6 Å². The van der Waals surface area contributed by atoms with Crippen molar-refractivity contribution < 1.29 is 4.79 Å². The molecule has 0 radical (unpaired) electrons. The number of carbonyl (C=O) groups is 1. The van der Waals surface area contributed by atoms with E-state index in [0.717, 1.165) is 12.8 Å². The lowest BCUT2D eigenvalue weighted by Crippen LogP contribution is -2.50. The normalized spacial score (nSPS) is 25.0. The Morgan fingerprint density at radius 3 is 2.61 bits per heavy atom. The van der Waals surface area contributed by atoms with Crippen LogP contribution in [0.2, 0.25) is 0 Å². The molecule has 2 atom stereocenters. The second kappa shape index (κ2) is 5.27. The van der Waals surface area contributed by atoms with E-state index < -0.39 is 0 Å². The van der Waals surface area contributed by atoms with Crippen molar-refractivity contribution in [3.05, 3.63) is 77.5 Å². The van der Waals surface area contributed by atoms with Gasteiger partial charge in [-0.05, 0) is 29.2 Å². The van der Waals surface area contributed by atoms with E-state index in [1.54, 1.807) is 0 Å². The highest BCUT2D eigenvalue weighted by atomic mass is 16.2. The van der Waals surface area contributed by atoms with E-state index in [1.807, 2.05) is 23.2 Å². The predicted molar refractivity (Wildman–Crippen MR) is 91.7 cm³/mol. The van der Waals surface area contributed by atoms with Gasteiger partial charge in [0.1, 0.15) is 0 Å². The molecule has 116 valence electrons. The summed E-state index contributed by atoms with van der Waals surface area (Å²) in [4.78, 5) is 14.4. The van der Waals surface area contributed by atoms with Crippen LogP contribution >= 0.6 is 0 Å². The first-order valence-electron chi connectivity index (χ1n) is 8.17. The molecule has 0 bridgehead atoms. The molecule has 2 amide bonds. The van der Waals surface area contributed by atoms with Crippen molar-refractivity contribution in [2.75, 3.05) is 0 Å². The third kappa shape index (κ3) is 2.00. The van der Waals surface area contributed by atoms with Crippen molar-refractivity contribution in [3.63, 3.8) is 0 Å². The van der Waals surface area contributed by atoms with Gasteiger partial charge in [0.05, 0.1) is 11.6 Å². The van der Waals surface area contributed by atoms with Gasteiger partial charge in [0.25, 0.3) is 0 Å². The molecule has 2 aromatic rings. The summed E-state index contributed by atoms with van der Waals surface area (Å²) in [5.41, 5.74) is 3.34. The number of fused-ring (bicyclic) bond motifs is 3. The van der Waals surface area contributed by atoms with Gasteiger partial charge in [0.2, 0.25) is 0 Å². The van der Waals surface area contributed by atoms with E-state index in [1.165, 1.54) is 16.7 Å². The molecule has 23 heavy (non-hydrogen) atoms. The lowest BCUT2D eigenvalue weighted by molar-refractivity contribution is 0.173. The molecule has 0 spiro atoms. The second-order valence-corrected chi connectivity index (χ2v) is 6.27. The van der Waals surface area contributed by atoms with Crippen molar-refractivity contribution in [3.8, 4) is 0 Å². The van der Waals surface area contributed by atoms with Crippen LogP contribution in [-0.4, -0.2) is 17.0 Å². The molecule has 2 aliphatic heterocycles. The standard InChI is InChI=1S/C20H20N2O/c1-2-18-20(14-15-8-4-3-5-9-15)17-11-7-6-10-16(17)12-13-22(20)19(23)21-18/h3-13,18H,2,14H2,1H3,(H,21,23)/t18-,20+/m0/s1. The summed E-state index contributed by atoms with van der Waals surface area (Å²) in [6.45, 7) is 2.14. The SMILES string of the molecule is CC[C@@H]1NC(=O)N2C=Cc3ccccc3[C@]12Cc1ccccc1. The fraction of sp³-hybridized carbons (Fsp3) is 0.250. The van der Waals surface area contributed by atoms with Crippen molar-refractivity contribution >= 4 is 12.1 Å². The zero-order valence-corrected chi connectivity index (χ0v) is 13.2. The third-order valence-electron chi connectivity index (χ3n) is 5.08. The Hall–Kier alpha value is -2.55. The molecule has 0 aromatic heterocycles. The Labute approximate surface area is 136 Å². The first kappa shape index (κ1) is 14.1. The first-order chi connectivity index (χ1) is 11.3.